The van der Waals surface area contributed by atoms with Gasteiger partial charge in [0.25, 0.3) is 5.91 Å². The van der Waals surface area contributed by atoms with Crippen molar-refractivity contribution in [2.24, 2.45) is 5.10 Å². The second-order valence-electron chi connectivity index (χ2n) is 7.73. The van der Waals surface area contributed by atoms with E-state index in [4.69, 9.17) is 21.1 Å². The SMILES string of the molecule is CCOc1ccc(COc2ccc(C(=O)N/N=C/c3ccc(CO)c4ccccc34)cc2Cl)cc1. The van der Waals surface area contributed by atoms with Gasteiger partial charge in [0.05, 0.1) is 24.5 Å². The number of hydrogen-bond donors (Lipinski definition) is 2. The van der Waals surface area contributed by atoms with Crippen LogP contribution in [0, 0.1) is 0 Å². The summed E-state index contributed by atoms with van der Waals surface area (Å²) >= 11 is 6.35. The minimum absolute atomic E-state index is 0.0463. The molecule has 7 heteroatoms. The van der Waals surface area contributed by atoms with Gasteiger partial charge in [-0.3, -0.25) is 4.79 Å². The molecule has 0 fully saturated rings. The summed E-state index contributed by atoms with van der Waals surface area (Å²) in [5.41, 5.74) is 5.53. The van der Waals surface area contributed by atoms with E-state index in [0.29, 0.717) is 29.5 Å². The lowest BCUT2D eigenvalue weighted by molar-refractivity contribution is 0.0955. The second kappa shape index (κ2) is 11.5. The number of aliphatic hydroxyl groups excluding tert-OH is 1. The lowest BCUT2D eigenvalue weighted by Gasteiger charge is -2.10. The number of nitrogens with zero attached hydrogens (tertiary/aromatic N) is 1. The van der Waals surface area contributed by atoms with E-state index in [1.54, 1.807) is 24.4 Å². The van der Waals surface area contributed by atoms with Gasteiger partial charge in [-0.05, 0) is 59.2 Å². The fraction of sp³-hybridized carbons (Fsp3) is 0.143. The Morgan fingerprint density at radius 2 is 1.77 bits per heavy atom. The highest BCUT2D eigenvalue weighted by Gasteiger charge is 2.10. The number of hydrazone groups is 1. The van der Waals surface area contributed by atoms with Crippen molar-refractivity contribution in [1.29, 1.82) is 0 Å². The molecule has 4 aromatic carbocycles. The van der Waals surface area contributed by atoms with Crippen molar-refractivity contribution in [3.63, 3.8) is 0 Å². The lowest BCUT2D eigenvalue weighted by atomic mass is 10.0. The number of carbonyl (C=O) groups excluding carboxylic acids is 1. The zero-order valence-corrected chi connectivity index (χ0v) is 20.0. The van der Waals surface area contributed by atoms with E-state index in [2.05, 4.69) is 10.5 Å². The minimum Gasteiger partial charge on any atom is -0.494 e. The van der Waals surface area contributed by atoms with Crippen LogP contribution in [0.15, 0.2) is 84.0 Å². The maximum atomic E-state index is 12.6. The number of aliphatic hydroxyl groups is 1. The summed E-state index contributed by atoms with van der Waals surface area (Å²) in [4.78, 5) is 12.6. The van der Waals surface area contributed by atoms with E-state index in [1.165, 1.54) is 0 Å². The van der Waals surface area contributed by atoms with Crippen LogP contribution in [-0.2, 0) is 13.2 Å². The predicted molar refractivity (Wildman–Crippen MR) is 138 cm³/mol. The maximum absolute atomic E-state index is 12.6. The van der Waals surface area contributed by atoms with Gasteiger partial charge in [-0.15, -0.1) is 0 Å². The molecule has 2 N–H and O–H groups in total. The van der Waals surface area contributed by atoms with Crippen LogP contribution in [0.5, 0.6) is 11.5 Å². The van der Waals surface area contributed by atoms with Crippen molar-refractivity contribution in [3.8, 4) is 11.5 Å². The average molecular weight is 489 g/mol. The van der Waals surface area contributed by atoms with Crippen LogP contribution in [-0.4, -0.2) is 23.8 Å². The second-order valence-corrected chi connectivity index (χ2v) is 8.13. The number of fused-ring (bicyclic) bond motifs is 1. The first-order valence-electron chi connectivity index (χ1n) is 11.2. The van der Waals surface area contributed by atoms with Gasteiger partial charge in [0.2, 0.25) is 0 Å². The molecule has 0 aliphatic rings. The number of carbonyl (C=O) groups is 1. The van der Waals surface area contributed by atoms with E-state index in [0.717, 1.165) is 33.2 Å². The van der Waals surface area contributed by atoms with Crippen molar-refractivity contribution >= 4 is 34.5 Å². The Hall–Kier alpha value is -3.87. The van der Waals surface area contributed by atoms with Crippen LogP contribution < -0.4 is 14.9 Å². The van der Waals surface area contributed by atoms with Crippen LogP contribution in [0.25, 0.3) is 10.8 Å². The number of amides is 1. The number of rotatable bonds is 9. The Morgan fingerprint density at radius 1 is 1.00 bits per heavy atom. The topological polar surface area (TPSA) is 80.2 Å². The monoisotopic (exact) mass is 488 g/mol. The van der Waals surface area contributed by atoms with E-state index in [9.17, 15) is 9.90 Å². The van der Waals surface area contributed by atoms with E-state index in [-0.39, 0.29) is 6.61 Å². The molecule has 0 unspecified atom stereocenters. The summed E-state index contributed by atoms with van der Waals surface area (Å²) in [7, 11) is 0. The Bertz CT molecular complexity index is 1350. The molecule has 0 bridgehead atoms. The number of nitrogens with one attached hydrogen (secondary N) is 1. The zero-order chi connectivity index (χ0) is 24.6. The third kappa shape index (κ3) is 5.98. The van der Waals surface area contributed by atoms with E-state index in [1.807, 2.05) is 67.6 Å². The predicted octanol–water partition coefficient (Wildman–Crippen LogP) is 5.73. The first-order chi connectivity index (χ1) is 17.1. The van der Waals surface area contributed by atoms with Crippen LogP contribution in [0.1, 0.15) is 34.0 Å². The smallest absolute Gasteiger partial charge is 0.271 e. The highest BCUT2D eigenvalue weighted by molar-refractivity contribution is 6.32. The van der Waals surface area contributed by atoms with Crippen molar-refractivity contribution in [2.75, 3.05) is 6.61 Å². The highest BCUT2D eigenvalue weighted by Crippen LogP contribution is 2.27. The molecule has 0 spiro atoms. The molecular weight excluding hydrogens is 464 g/mol. The van der Waals surface area contributed by atoms with Crippen LogP contribution in [0.2, 0.25) is 5.02 Å². The molecular formula is C28H25ClN2O4. The normalized spacial score (nSPS) is 11.1. The van der Waals surface area contributed by atoms with Gasteiger partial charge in [-0.2, -0.15) is 5.10 Å². The molecule has 4 aromatic rings. The molecule has 0 aliphatic heterocycles. The van der Waals surface area contributed by atoms with Crippen LogP contribution >= 0.6 is 11.6 Å². The average Bonchev–Trinajstić information content (AvgIpc) is 2.89. The van der Waals surface area contributed by atoms with Gasteiger partial charge in [0, 0.05) is 11.1 Å². The Kier molecular flexibility index (Phi) is 7.98. The van der Waals surface area contributed by atoms with Crippen molar-refractivity contribution in [2.45, 2.75) is 20.1 Å². The van der Waals surface area contributed by atoms with Crippen molar-refractivity contribution < 1.29 is 19.4 Å². The Labute approximate surface area is 208 Å². The molecule has 0 saturated heterocycles. The van der Waals surface area contributed by atoms with E-state index >= 15 is 0 Å². The van der Waals surface area contributed by atoms with Gasteiger partial charge in [-0.1, -0.05) is 60.1 Å². The fourth-order valence-corrected chi connectivity index (χ4v) is 3.86. The van der Waals surface area contributed by atoms with E-state index < -0.39 is 5.91 Å². The summed E-state index contributed by atoms with van der Waals surface area (Å²) in [6.07, 6.45) is 1.58. The van der Waals surface area contributed by atoms with Gasteiger partial charge >= 0.3 is 0 Å². The molecule has 0 radical (unpaired) electrons. The highest BCUT2D eigenvalue weighted by atomic mass is 35.5. The third-order valence-corrected chi connectivity index (χ3v) is 5.71. The Morgan fingerprint density at radius 3 is 2.49 bits per heavy atom. The van der Waals surface area contributed by atoms with Gasteiger partial charge in [-0.25, -0.2) is 5.43 Å². The standard InChI is InChI=1S/C28H25ClN2O4/c1-2-34-23-12-7-19(8-13-23)18-35-27-14-11-20(15-26(27)29)28(33)31-30-16-21-9-10-22(17-32)25-6-4-3-5-24(21)25/h3-16,32H,2,17-18H2,1H3,(H,31,33)/b30-16+. The fourth-order valence-electron chi connectivity index (χ4n) is 3.63. The molecule has 0 saturated carbocycles. The molecule has 0 heterocycles. The largest absolute Gasteiger partial charge is 0.494 e. The van der Waals surface area contributed by atoms with Crippen LogP contribution in [0.3, 0.4) is 0 Å². The first kappa shape index (κ1) is 24.3. The number of hydrogen-bond acceptors (Lipinski definition) is 5. The number of halogens is 1. The zero-order valence-electron chi connectivity index (χ0n) is 19.2. The molecule has 1 amide bonds. The quantitative estimate of drug-likeness (QED) is 0.233. The summed E-state index contributed by atoms with van der Waals surface area (Å²) in [6, 6.07) is 23.9. The summed E-state index contributed by atoms with van der Waals surface area (Å²) in [5, 5.41) is 15.9. The van der Waals surface area contributed by atoms with Gasteiger partial charge in [0.15, 0.2) is 0 Å². The summed E-state index contributed by atoms with van der Waals surface area (Å²) < 4.78 is 11.2. The Balaban J connectivity index is 1.38. The molecule has 0 atom stereocenters. The first-order valence-corrected chi connectivity index (χ1v) is 11.6. The molecule has 0 aromatic heterocycles. The summed E-state index contributed by atoms with van der Waals surface area (Å²) in [5.74, 6) is 0.899. The minimum atomic E-state index is -0.391. The van der Waals surface area contributed by atoms with Gasteiger partial charge < -0.3 is 14.6 Å². The molecule has 6 nitrogen and oxygen atoms in total. The molecule has 35 heavy (non-hydrogen) atoms. The number of benzene rings is 4. The van der Waals surface area contributed by atoms with Crippen molar-refractivity contribution in [1.82, 2.24) is 5.43 Å². The van der Waals surface area contributed by atoms with Crippen molar-refractivity contribution in [3.05, 3.63) is 106 Å². The molecule has 0 aliphatic carbocycles. The molecule has 4 rings (SSSR count). The maximum Gasteiger partial charge on any atom is 0.271 e. The number of ether oxygens (including phenoxy) is 2. The molecule has 178 valence electrons. The lowest BCUT2D eigenvalue weighted by Crippen LogP contribution is -2.17. The summed E-state index contributed by atoms with van der Waals surface area (Å²) in [6.45, 7) is 2.85. The van der Waals surface area contributed by atoms with Crippen LogP contribution in [0.4, 0.5) is 0 Å². The van der Waals surface area contributed by atoms with Gasteiger partial charge in [0.1, 0.15) is 18.1 Å². The third-order valence-electron chi connectivity index (χ3n) is 5.41.